The molecule has 1 aliphatic rings. The van der Waals surface area contributed by atoms with Crippen LogP contribution in [-0.4, -0.2) is 17.4 Å². The van der Waals surface area contributed by atoms with E-state index < -0.39 is 0 Å². The Morgan fingerprint density at radius 2 is 2.00 bits per heavy atom. The second-order valence-electron chi connectivity index (χ2n) is 6.43. The summed E-state index contributed by atoms with van der Waals surface area (Å²) in [7, 11) is 0. The molecule has 1 aliphatic carbocycles. The van der Waals surface area contributed by atoms with Gasteiger partial charge in [0.1, 0.15) is 0 Å². The van der Waals surface area contributed by atoms with E-state index >= 15 is 0 Å². The largest absolute Gasteiger partial charge is 0.359 e. The Morgan fingerprint density at radius 3 is 2.67 bits per heavy atom. The molecule has 0 aliphatic heterocycles. The minimum atomic E-state index is 0.539. The van der Waals surface area contributed by atoms with Gasteiger partial charge in [-0.15, -0.1) is 0 Å². The fourth-order valence-electron chi connectivity index (χ4n) is 2.58. The maximum absolute atomic E-state index is 5.27. The summed E-state index contributed by atoms with van der Waals surface area (Å²) in [6.45, 7) is 6.57. The van der Waals surface area contributed by atoms with Crippen molar-refractivity contribution < 1.29 is 0 Å². The minimum Gasteiger partial charge on any atom is -0.359 e. The van der Waals surface area contributed by atoms with E-state index in [1.54, 1.807) is 0 Å². The molecule has 0 aromatic heterocycles. The monoisotopic (exact) mass is 309 g/mol. The summed E-state index contributed by atoms with van der Waals surface area (Å²) in [5.74, 6) is 0.658. The average molecular weight is 310 g/mol. The zero-order valence-electron chi connectivity index (χ0n) is 13.8. The van der Waals surface area contributed by atoms with Gasteiger partial charge in [-0.1, -0.05) is 37.8 Å². The van der Waals surface area contributed by atoms with Gasteiger partial charge in [-0.3, -0.25) is 5.43 Å². The highest BCUT2D eigenvalue weighted by Gasteiger charge is 2.13. The first-order chi connectivity index (χ1) is 10.1. The lowest BCUT2D eigenvalue weighted by Gasteiger charge is -2.23. The zero-order valence-corrected chi connectivity index (χ0v) is 14.6. The molecule has 1 atom stereocenters. The summed E-state index contributed by atoms with van der Waals surface area (Å²) < 4.78 is 0. The van der Waals surface area contributed by atoms with E-state index in [1.807, 2.05) is 6.21 Å². The van der Waals surface area contributed by atoms with Crippen LogP contribution >= 0.6 is 12.2 Å². The second-order valence-corrected chi connectivity index (χ2v) is 6.84. The number of nitrogens with zero attached hydrogens (tertiary/aromatic N) is 1. The summed E-state index contributed by atoms with van der Waals surface area (Å²) in [5, 5.41) is 8.24. The van der Waals surface area contributed by atoms with Gasteiger partial charge in [0.05, 0.1) is 0 Å². The number of hydrogen-bond acceptors (Lipinski definition) is 2. The Bertz CT molecular complexity index is 353. The van der Waals surface area contributed by atoms with Crippen molar-refractivity contribution in [1.82, 2.24) is 10.7 Å². The van der Waals surface area contributed by atoms with E-state index in [0.717, 1.165) is 12.8 Å². The van der Waals surface area contributed by atoms with E-state index in [0.29, 0.717) is 17.1 Å². The summed E-state index contributed by atoms with van der Waals surface area (Å²) in [6, 6.07) is 0.539. The van der Waals surface area contributed by atoms with Crippen molar-refractivity contribution in [2.24, 2.45) is 11.0 Å². The van der Waals surface area contributed by atoms with Gasteiger partial charge in [-0.25, -0.2) is 0 Å². The van der Waals surface area contributed by atoms with Crippen molar-refractivity contribution in [1.29, 1.82) is 0 Å². The van der Waals surface area contributed by atoms with E-state index in [1.165, 1.54) is 44.1 Å². The highest BCUT2D eigenvalue weighted by Crippen LogP contribution is 2.17. The number of hydrogen-bond donors (Lipinski definition) is 2. The molecule has 0 spiro atoms. The molecular weight excluding hydrogens is 278 g/mol. The molecular formula is C17H31N3S. The molecule has 0 aromatic carbocycles. The van der Waals surface area contributed by atoms with Gasteiger partial charge >= 0.3 is 0 Å². The zero-order chi connectivity index (χ0) is 15.5. The van der Waals surface area contributed by atoms with Crippen molar-refractivity contribution in [3.8, 4) is 0 Å². The van der Waals surface area contributed by atoms with Gasteiger partial charge in [-0.05, 0) is 64.1 Å². The Labute approximate surface area is 135 Å². The fourth-order valence-corrected chi connectivity index (χ4v) is 2.80. The number of allylic oxidation sites excluding steroid dienone is 2. The van der Waals surface area contributed by atoms with Crippen LogP contribution in [0.3, 0.4) is 0 Å². The van der Waals surface area contributed by atoms with Crippen LogP contribution in [0.1, 0.15) is 72.1 Å². The second kappa shape index (κ2) is 10.8. The van der Waals surface area contributed by atoms with Gasteiger partial charge in [0, 0.05) is 12.3 Å². The van der Waals surface area contributed by atoms with Crippen LogP contribution in [0.15, 0.2) is 16.8 Å². The molecule has 3 nitrogen and oxygen atoms in total. The molecule has 0 radical (unpaired) electrons. The minimum absolute atomic E-state index is 0.539. The van der Waals surface area contributed by atoms with Crippen LogP contribution in [0.2, 0.25) is 0 Å². The third-order valence-electron chi connectivity index (χ3n) is 3.92. The molecule has 0 amide bonds. The third-order valence-corrected chi connectivity index (χ3v) is 4.13. The summed E-state index contributed by atoms with van der Waals surface area (Å²) in [4.78, 5) is 0. The van der Waals surface area contributed by atoms with Gasteiger partial charge in [0.25, 0.3) is 0 Å². The molecule has 1 fully saturated rings. The van der Waals surface area contributed by atoms with E-state index in [2.05, 4.69) is 42.7 Å². The number of nitrogens with one attached hydrogen (secondary N) is 2. The predicted octanol–water partition coefficient (Wildman–Crippen LogP) is 4.54. The van der Waals surface area contributed by atoms with Crippen molar-refractivity contribution in [3.05, 3.63) is 11.6 Å². The molecule has 21 heavy (non-hydrogen) atoms. The maximum Gasteiger partial charge on any atom is 0.187 e. The molecule has 0 bridgehead atoms. The topological polar surface area (TPSA) is 36.4 Å². The number of rotatable bonds is 7. The number of hydrazone groups is 1. The smallest absolute Gasteiger partial charge is 0.187 e. The van der Waals surface area contributed by atoms with Crippen LogP contribution < -0.4 is 10.7 Å². The highest BCUT2D eigenvalue weighted by molar-refractivity contribution is 7.80. The molecule has 1 rings (SSSR count). The van der Waals surface area contributed by atoms with Crippen molar-refractivity contribution in [2.45, 2.75) is 78.2 Å². The normalized spacial score (nSPS) is 17.5. The SMILES string of the molecule is CC(C)=CCC[C@@H](C)C/C=N\NC(=S)NC1CCCCC1. The lowest BCUT2D eigenvalue weighted by Crippen LogP contribution is -2.40. The van der Waals surface area contributed by atoms with Gasteiger partial charge in [0.15, 0.2) is 5.11 Å². The van der Waals surface area contributed by atoms with Crippen molar-refractivity contribution >= 4 is 23.5 Å². The summed E-state index contributed by atoms with van der Waals surface area (Å²) in [6.07, 6.45) is 14.1. The first-order valence-corrected chi connectivity index (χ1v) is 8.70. The number of thiocarbonyl (C=S) groups is 1. The molecule has 0 unspecified atom stereocenters. The van der Waals surface area contributed by atoms with Gasteiger partial charge < -0.3 is 5.32 Å². The molecule has 4 heteroatoms. The van der Waals surface area contributed by atoms with Crippen LogP contribution in [-0.2, 0) is 0 Å². The van der Waals surface area contributed by atoms with Crippen LogP contribution in [0, 0.1) is 5.92 Å². The Hall–Kier alpha value is -0.900. The molecule has 120 valence electrons. The van der Waals surface area contributed by atoms with Crippen LogP contribution in [0.25, 0.3) is 0 Å². The first kappa shape index (κ1) is 18.1. The molecule has 0 saturated heterocycles. The molecule has 0 aromatic rings. The standard InChI is InChI=1S/C17H31N3S/c1-14(2)8-7-9-15(3)12-13-18-20-17(21)19-16-10-5-4-6-11-16/h8,13,15-16H,4-7,9-12H2,1-3H3,(H2,19,20,21)/b18-13-/t15-/m1/s1. The highest BCUT2D eigenvalue weighted by atomic mass is 32.1. The molecule has 0 heterocycles. The predicted molar refractivity (Wildman–Crippen MR) is 96.7 cm³/mol. The van der Waals surface area contributed by atoms with Crippen molar-refractivity contribution in [3.63, 3.8) is 0 Å². The fraction of sp³-hybridized carbons (Fsp3) is 0.765. The molecule has 2 N–H and O–H groups in total. The van der Waals surface area contributed by atoms with E-state index in [9.17, 15) is 0 Å². The summed E-state index contributed by atoms with van der Waals surface area (Å²) in [5.41, 5.74) is 4.34. The Morgan fingerprint density at radius 1 is 1.29 bits per heavy atom. The lowest BCUT2D eigenvalue weighted by atomic mass is 9.96. The lowest BCUT2D eigenvalue weighted by molar-refractivity contribution is 0.412. The quantitative estimate of drug-likeness (QED) is 0.314. The van der Waals surface area contributed by atoms with Crippen LogP contribution in [0.5, 0.6) is 0 Å². The maximum atomic E-state index is 5.27. The van der Waals surface area contributed by atoms with Gasteiger partial charge in [-0.2, -0.15) is 5.10 Å². The van der Waals surface area contributed by atoms with Crippen molar-refractivity contribution in [2.75, 3.05) is 0 Å². The Balaban J connectivity index is 2.09. The van der Waals surface area contributed by atoms with Gasteiger partial charge in [0.2, 0.25) is 0 Å². The van der Waals surface area contributed by atoms with E-state index in [-0.39, 0.29) is 0 Å². The van der Waals surface area contributed by atoms with E-state index in [4.69, 9.17) is 12.2 Å². The summed E-state index contributed by atoms with van der Waals surface area (Å²) >= 11 is 5.27. The molecule has 1 saturated carbocycles. The van der Waals surface area contributed by atoms with Crippen LogP contribution in [0.4, 0.5) is 0 Å². The first-order valence-electron chi connectivity index (χ1n) is 8.29. The third kappa shape index (κ3) is 9.62. The average Bonchev–Trinajstić information content (AvgIpc) is 2.44. The Kier molecular flexibility index (Phi) is 9.31.